The van der Waals surface area contributed by atoms with E-state index in [1.54, 1.807) is 31.5 Å². The third-order valence-electron chi connectivity index (χ3n) is 3.80. The van der Waals surface area contributed by atoms with Gasteiger partial charge in [0.15, 0.2) is 0 Å². The molecular formula is C17H12ClFN4O. The second-order valence-corrected chi connectivity index (χ2v) is 5.63. The molecule has 7 heteroatoms. The van der Waals surface area contributed by atoms with Crippen LogP contribution in [0.5, 0.6) is 5.75 Å². The molecule has 24 heavy (non-hydrogen) atoms. The second kappa shape index (κ2) is 5.65. The smallest absolute Gasteiger partial charge is 0.142 e. The van der Waals surface area contributed by atoms with Crippen molar-refractivity contribution in [1.29, 1.82) is 0 Å². The number of fused-ring (bicyclic) bond motifs is 3. The number of hydrogen-bond donors (Lipinski definition) is 2. The van der Waals surface area contributed by atoms with Crippen molar-refractivity contribution in [1.82, 2.24) is 10.2 Å². The molecule has 5 nitrogen and oxygen atoms in total. The largest absolute Gasteiger partial charge is 0.497 e. The number of halogens is 2. The number of aromatic nitrogens is 2. The van der Waals surface area contributed by atoms with E-state index in [-0.39, 0.29) is 10.6 Å². The minimum atomic E-state index is -0.454. The van der Waals surface area contributed by atoms with Crippen LogP contribution in [-0.2, 0) is 0 Å². The van der Waals surface area contributed by atoms with E-state index in [0.29, 0.717) is 23.0 Å². The van der Waals surface area contributed by atoms with E-state index in [4.69, 9.17) is 16.3 Å². The lowest BCUT2D eigenvalue weighted by atomic mass is 10.1. The molecule has 1 aromatic heterocycles. The number of amidine groups is 1. The van der Waals surface area contributed by atoms with E-state index >= 15 is 0 Å². The molecule has 120 valence electrons. The van der Waals surface area contributed by atoms with Gasteiger partial charge in [-0.25, -0.2) is 9.38 Å². The number of aromatic amines is 1. The van der Waals surface area contributed by atoms with E-state index in [1.807, 2.05) is 12.1 Å². The molecule has 2 heterocycles. The molecule has 2 N–H and O–H groups in total. The van der Waals surface area contributed by atoms with Crippen molar-refractivity contribution in [2.45, 2.75) is 0 Å². The summed E-state index contributed by atoms with van der Waals surface area (Å²) in [6.45, 7) is 0. The SMILES string of the molecule is COc1ccc2c(c1)N=C(c1c(F)cccc1Cl)Nc1cn[nH]c1-2. The van der Waals surface area contributed by atoms with Crippen molar-refractivity contribution in [3.8, 4) is 17.0 Å². The summed E-state index contributed by atoms with van der Waals surface area (Å²) in [5, 5.41) is 10.4. The number of aliphatic imine (C=N–C) groups is 1. The molecule has 4 rings (SSSR count). The highest BCUT2D eigenvalue weighted by molar-refractivity contribution is 6.35. The van der Waals surface area contributed by atoms with Crippen LogP contribution in [0.15, 0.2) is 47.6 Å². The van der Waals surface area contributed by atoms with Crippen LogP contribution >= 0.6 is 11.6 Å². The highest BCUT2D eigenvalue weighted by Crippen LogP contribution is 2.39. The van der Waals surface area contributed by atoms with Gasteiger partial charge < -0.3 is 10.1 Å². The Morgan fingerprint density at radius 1 is 1.21 bits per heavy atom. The molecule has 0 saturated carbocycles. The fourth-order valence-electron chi connectivity index (χ4n) is 2.65. The van der Waals surface area contributed by atoms with Gasteiger partial charge in [-0.15, -0.1) is 0 Å². The van der Waals surface area contributed by atoms with Crippen LogP contribution in [0.2, 0.25) is 5.02 Å². The molecule has 0 spiro atoms. The molecule has 0 saturated heterocycles. The Morgan fingerprint density at radius 3 is 2.88 bits per heavy atom. The first-order valence-electron chi connectivity index (χ1n) is 7.19. The number of anilines is 1. The van der Waals surface area contributed by atoms with E-state index in [9.17, 15) is 4.39 Å². The van der Waals surface area contributed by atoms with Gasteiger partial charge in [0.1, 0.15) is 17.4 Å². The predicted molar refractivity (Wildman–Crippen MR) is 91.8 cm³/mol. The lowest BCUT2D eigenvalue weighted by Crippen LogP contribution is -2.15. The molecule has 0 radical (unpaired) electrons. The average molecular weight is 343 g/mol. The van der Waals surface area contributed by atoms with Crippen LogP contribution in [0.3, 0.4) is 0 Å². The van der Waals surface area contributed by atoms with Crippen molar-refractivity contribution in [2.24, 2.45) is 4.99 Å². The number of nitrogens with zero attached hydrogens (tertiary/aromatic N) is 2. The van der Waals surface area contributed by atoms with Crippen LogP contribution in [0.25, 0.3) is 11.3 Å². The molecule has 3 aromatic rings. The molecule has 1 aliphatic rings. The number of benzene rings is 2. The maximum Gasteiger partial charge on any atom is 0.142 e. The van der Waals surface area contributed by atoms with Crippen molar-refractivity contribution in [3.63, 3.8) is 0 Å². The Morgan fingerprint density at radius 2 is 2.08 bits per heavy atom. The quantitative estimate of drug-likeness (QED) is 0.726. The first kappa shape index (κ1) is 14.7. The van der Waals surface area contributed by atoms with Crippen molar-refractivity contribution in [2.75, 3.05) is 12.4 Å². The number of nitrogens with one attached hydrogen (secondary N) is 2. The topological polar surface area (TPSA) is 62.3 Å². The summed E-state index contributed by atoms with van der Waals surface area (Å²) < 4.78 is 19.6. The van der Waals surface area contributed by atoms with E-state index in [2.05, 4.69) is 20.5 Å². The van der Waals surface area contributed by atoms with Gasteiger partial charge in [-0.1, -0.05) is 17.7 Å². The van der Waals surface area contributed by atoms with Crippen molar-refractivity contribution < 1.29 is 9.13 Å². The number of rotatable bonds is 2. The van der Waals surface area contributed by atoms with Crippen molar-refractivity contribution in [3.05, 3.63) is 59.0 Å². The summed E-state index contributed by atoms with van der Waals surface area (Å²) >= 11 is 6.19. The Hall–Kier alpha value is -2.86. The first-order chi connectivity index (χ1) is 11.7. The van der Waals surface area contributed by atoms with Gasteiger partial charge in [0.05, 0.1) is 41.0 Å². The van der Waals surface area contributed by atoms with Crippen molar-refractivity contribution >= 4 is 28.8 Å². The highest BCUT2D eigenvalue weighted by atomic mass is 35.5. The second-order valence-electron chi connectivity index (χ2n) is 5.22. The molecule has 1 aliphatic heterocycles. The van der Waals surface area contributed by atoms with E-state index in [0.717, 1.165) is 11.3 Å². The third kappa shape index (κ3) is 2.32. The number of methoxy groups -OCH3 is 1. The molecule has 2 aromatic carbocycles. The molecule has 0 bridgehead atoms. The molecule has 0 unspecified atom stereocenters. The van der Waals surface area contributed by atoms with Crippen LogP contribution < -0.4 is 10.1 Å². The molecule has 0 atom stereocenters. The zero-order valence-corrected chi connectivity index (χ0v) is 13.4. The minimum Gasteiger partial charge on any atom is -0.497 e. The van der Waals surface area contributed by atoms with Crippen LogP contribution in [-0.4, -0.2) is 23.1 Å². The molecular weight excluding hydrogens is 331 g/mol. The summed E-state index contributed by atoms with van der Waals surface area (Å²) in [5.41, 5.74) is 3.12. The average Bonchev–Trinajstić information content (AvgIpc) is 2.96. The lowest BCUT2D eigenvalue weighted by Gasteiger charge is -2.10. The van der Waals surface area contributed by atoms with E-state index in [1.165, 1.54) is 6.07 Å². The van der Waals surface area contributed by atoms with Crippen LogP contribution in [0, 0.1) is 5.82 Å². The highest BCUT2D eigenvalue weighted by Gasteiger charge is 2.22. The monoisotopic (exact) mass is 342 g/mol. The van der Waals surface area contributed by atoms with Gasteiger partial charge in [0.2, 0.25) is 0 Å². The maximum atomic E-state index is 14.3. The Kier molecular flexibility index (Phi) is 3.46. The van der Waals surface area contributed by atoms with Gasteiger partial charge in [-0.2, -0.15) is 5.10 Å². The zero-order chi connectivity index (χ0) is 16.7. The molecule has 0 amide bonds. The summed E-state index contributed by atoms with van der Waals surface area (Å²) in [4.78, 5) is 4.58. The molecule has 0 fully saturated rings. The minimum absolute atomic E-state index is 0.210. The van der Waals surface area contributed by atoms with E-state index < -0.39 is 5.82 Å². The number of ether oxygens (including phenoxy) is 1. The predicted octanol–water partition coefficient (Wildman–Crippen LogP) is 4.38. The van der Waals surface area contributed by atoms with Gasteiger partial charge in [0, 0.05) is 11.6 Å². The third-order valence-corrected chi connectivity index (χ3v) is 4.11. The van der Waals surface area contributed by atoms with Gasteiger partial charge in [0.25, 0.3) is 0 Å². The number of hydrogen-bond acceptors (Lipinski definition) is 4. The van der Waals surface area contributed by atoms with Gasteiger partial charge in [-0.3, -0.25) is 5.10 Å². The summed E-state index contributed by atoms with van der Waals surface area (Å²) in [5.74, 6) is 0.511. The Bertz CT molecular complexity index is 947. The fraction of sp³-hybridized carbons (Fsp3) is 0.0588. The standard InChI is InChI=1S/C17H12ClFN4O/c1-24-9-5-6-10-13(7-9)21-17(22-14-8-20-23-16(10)14)15-11(18)3-2-4-12(15)19/h2-8H,1H3,(H,20,23)(H,21,22). The first-order valence-corrected chi connectivity index (χ1v) is 7.57. The van der Waals surface area contributed by atoms with Crippen LogP contribution in [0.1, 0.15) is 5.56 Å². The summed E-state index contributed by atoms with van der Waals surface area (Å²) in [6, 6.07) is 10.0. The fourth-order valence-corrected chi connectivity index (χ4v) is 2.90. The molecule has 0 aliphatic carbocycles. The number of H-pyrrole nitrogens is 1. The summed E-state index contributed by atoms with van der Waals surface area (Å²) in [6.07, 6.45) is 1.62. The lowest BCUT2D eigenvalue weighted by molar-refractivity contribution is 0.415. The van der Waals surface area contributed by atoms with Gasteiger partial charge in [-0.05, 0) is 24.3 Å². The summed E-state index contributed by atoms with van der Waals surface area (Å²) in [7, 11) is 1.58. The zero-order valence-electron chi connectivity index (χ0n) is 12.6. The van der Waals surface area contributed by atoms with Crippen LogP contribution in [0.4, 0.5) is 15.8 Å². The maximum absolute atomic E-state index is 14.3. The Balaban J connectivity index is 1.98. The Labute approximate surface area is 142 Å². The van der Waals surface area contributed by atoms with Gasteiger partial charge >= 0.3 is 0 Å². The normalized spacial score (nSPS) is 12.5.